The normalized spacial score (nSPS) is 12.8. The first-order valence-corrected chi connectivity index (χ1v) is 10.1. The third-order valence-electron chi connectivity index (χ3n) is 5.18. The standard InChI is InChI=1S/C24H23N3O4/c1-27(24(30)17-10-11-17)20-6-3-2-5-19(20)22(28)25-15-16-8-12-18(13-9-16)26-23(29)21-7-4-14-31-21/h2-9,12-14,17H,10-11,15H2,1H3,(H,25,28)(H,26,29). The van der Waals surface area contributed by atoms with Crippen LogP contribution in [0.3, 0.4) is 0 Å². The van der Waals surface area contributed by atoms with Gasteiger partial charge in [-0.25, -0.2) is 0 Å². The minimum absolute atomic E-state index is 0.0486. The van der Waals surface area contributed by atoms with Crippen LogP contribution in [0.2, 0.25) is 0 Å². The molecule has 3 aromatic rings. The average molecular weight is 417 g/mol. The summed E-state index contributed by atoms with van der Waals surface area (Å²) < 4.78 is 5.07. The lowest BCUT2D eigenvalue weighted by Crippen LogP contribution is -2.31. The largest absolute Gasteiger partial charge is 0.459 e. The number of rotatable bonds is 7. The highest BCUT2D eigenvalue weighted by molar-refractivity contribution is 6.05. The van der Waals surface area contributed by atoms with Crippen molar-refractivity contribution in [3.8, 4) is 0 Å². The summed E-state index contributed by atoms with van der Waals surface area (Å²) in [6.07, 6.45) is 3.27. The van der Waals surface area contributed by atoms with Crippen LogP contribution in [0.25, 0.3) is 0 Å². The maximum absolute atomic E-state index is 12.8. The summed E-state index contributed by atoms with van der Waals surface area (Å²) in [6, 6.07) is 17.5. The molecule has 0 radical (unpaired) electrons. The number of nitrogens with zero attached hydrogens (tertiary/aromatic N) is 1. The van der Waals surface area contributed by atoms with Crippen molar-refractivity contribution < 1.29 is 18.8 Å². The van der Waals surface area contributed by atoms with Crippen LogP contribution in [-0.4, -0.2) is 24.8 Å². The molecule has 2 aromatic carbocycles. The van der Waals surface area contributed by atoms with Gasteiger partial charge in [0.2, 0.25) is 5.91 Å². The molecule has 0 saturated heterocycles. The Kier molecular flexibility index (Phi) is 5.84. The first-order valence-electron chi connectivity index (χ1n) is 10.1. The molecular weight excluding hydrogens is 394 g/mol. The number of hydrogen-bond donors (Lipinski definition) is 2. The van der Waals surface area contributed by atoms with Gasteiger partial charge in [-0.2, -0.15) is 0 Å². The quantitative estimate of drug-likeness (QED) is 0.611. The predicted octanol–water partition coefficient (Wildman–Crippen LogP) is 3.83. The molecule has 2 N–H and O–H groups in total. The van der Waals surface area contributed by atoms with E-state index >= 15 is 0 Å². The molecule has 4 rings (SSSR count). The molecule has 1 fully saturated rings. The molecule has 1 heterocycles. The molecule has 3 amide bonds. The van der Waals surface area contributed by atoms with Gasteiger partial charge in [-0.05, 0) is 54.8 Å². The Balaban J connectivity index is 1.37. The maximum Gasteiger partial charge on any atom is 0.291 e. The SMILES string of the molecule is CN(C(=O)C1CC1)c1ccccc1C(=O)NCc1ccc(NC(=O)c2ccco2)cc1. The van der Waals surface area contributed by atoms with Gasteiger partial charge in [0, 0.05) is 25.2 Å². The third-order valence-corrected chi connectivity index (χ3v) is 5.18. The van der Waals surface area contributed by atoms with E-state index in [9.17, 15) is 14.4 Å². The molecule has 7 heteroatoms. The number of carbonyl (C=O) groups is 3. The van der Waals surface area contributed by atoms with E-state index in [4.69, 9.17) is 4.42 Å². The number of benzene rings is 2. The minimum Gasteiger partial charge on any atom is -0.459 e. The van der Waals surface area contributed by atoms with Gasteiger partial charge in [0.05, 0.1) is 17.5 Å². The average Bonchev–Trinajstić information content (AvgIpc) is 3.50. The van der Waals surface area contributed by atoms with Gasteiger partial charge in [-0.15, -0.1) is 0 Å². The second kappa shape index (κ2) is 8.87. The Morgan fingerprint density at radius 1 is 0.968 bits per heavy atom. The fourth-order valence-corrected chi connectivity index (χ4v) is 3.26. The Hall–Kier alpha value is -3.87. The number of nitrogens with one attached hydrogen (secondary N) is 2. The smallest absolute Gasteiger partial charge is 0.291 e. The van der Waals surface area contributed by atoms with Crippen LogP contribution in [0.5, 0.6) is 0 Å². The van der Waals surface area contributed by atoms with E-state index in [1.165, 1.54) is 6.26 Å². The van der Waals surface area contributed by atoms with Crippen molar-refractivity contribution in [1.82, 2.24) is 5.32 Å². The van der Waals surface area contributed by atoms with E-state index in [2.05, 4.69) is 10.6 Å². The number of amides is 3. The number of furan rings is 1. The van der Waals surface area contributed by atoms with Crippen molar-refractivity contribution in [3.05, 3.63) is 83.8 Å². The number of hydrogen-bond acceptors (Lipinski definition) is 4. The Morgan fingerprint density at radius 3 is 2.39 bits per heavy atom. The first kappa shape index (κ1) is 20.4. The lowest BCUT2D eigenvalue weighted by atomic mass is 10.1. The fourth-order valence-electron chi connectivity index (χ4n) is 3.26. The molecule has 1 aliphatic rings. The van der Waals surface area contributed by atoms with Crippen LogP contribution >= 0.6 is 0 Å². The van der Waals surface area contributed by atoms with Crippen molar-refractivity contribution in [1.29, 1.82) is 0 Å². The molecule has 7 nitrogen and oxygen atoms in total. The molecule has 1 aliphatic carbocycles. The number of anilines is 2. The Labute approximate surface area is 180 Å². The molecule has 0 unspecified atom stereocenters. The summed E-state index contributed by atoms with van der Waals surface area (Å²) in [7, 11) is 1.71. The maximum atomic E-state index is 12.8. The molecule has 158 valence electrons. The lowest BCUT2D eigenvalue weighted by Gasteiger charge is -2.20. The highest BCUT2D eigenvalue weighted by Crippen LogP contribution is 2.33. The molecule has 0 atom stereocenters. The summed E-state index contributed by atoms with van der Waals surface area (Å²) in [5.74, 6) is -0.214. The molecule has 0 aliphatic heterocycles. The Morgan fingerprint density at radius 2 is 1.71 bits per heavy atom. The highest BCUT2D eigenvalue weighted by atomic mass is 16.3. The van der Waals surface area contributed by atoms with Crippen LogP contribution in [0.1, 0.15) is 39.3 Å². The van der Waals surface area contributed by atoms with Gasteiger partial charge in [0.15, 0.2) is 5.76 Å². The topological polar surface area (TPSA) is 91.7 Å². The van der Waals surface area contributed by atoms with Crippen LogP contribution in [0.15, 0.2) is 71.3 Å². The van der Waals surface area contributed by atoms with Crippen LogP contribution < -0.4 is 15.5 Å². The summed E-state index contributed by atoms with van der Waals surface area (Å²) in [5.41, 5.74) is 2.57. The third kappa shape index (κ3) is 4.83. The van der Waals surface area contributed by atoms with Gasteiger partial charge in [-0.3, -0.25) is 14.4 Å². The van der Waals surface area contributed by atoms with Crippen LogP contribution in [-0.2, 0) is 11.3 Å². The van der Waals surface area contributed by atoms with Crippen molar-refractivity contribution >= 4 is 29.1 Å². The van der Waals surface area contributed by atoms with Gasteiger partial charge in [-0.1, -0.05) is 24.3 Å². The van der Waals surface area contributed by atoms with Crippen molar-refractivity contribution in [3.63, 3.8) is 0 Å². The van der Waals surface area contributed by atoms with E-state index in [-0.39, 0.29) is 29.4 Å². The zero-order valence-electron chi connectivity index (χ0n) is 17.1. The second-order valence-corrected chi connectivity index (χ2v) is 7.50. The second-order valence-electron chi connectivity index (χ2n) is 7.50. The molecule has 1 saturated carbocycles. The zero-order valence-corrected chi connectivity index (χ0v) is 17.1. The van der Waals surface area contributed by atoms with Crippen LogP contribution in [0, 0.1) is 5.92 Å². The van der Waals surface area contributed by atoms with Crippen molar-refractivity contribution in [2.45, 2.75) is 19.4 Å². The van der Waals surface area contributed by atoms with E-state index < -0.39 is 0 Å². The van der Waals surface area contributed by atoms with Crippen LogP contribution in [0.4, 0.5) is 11.4 Å². The molecule has 1 aromatic heterocycles. The van der Waals surface area contributed by atoms with E-state index in [0.29, 0.717) is 23.5 Å². The highest BCUT2D eigenvalue weighted by Gasteiger charge is 2.33. The molecule has 0 spiro atoms. The molecule has 31 heavy (non-hydrogen) atoms. The van der Waals surface area contributed by atoms with Crippen molar-refractivity contribution in [2.75, 3.05) is 17.3 Å². The van der Waals surface area contributed by atoms with E-state index in [1.54, 1.807) is 54.4 Å². The van der Waals surface area contributed by atoms with E-state index in [0.717, 1.165) is 18.4 Å². The Bertz CT molecular complexity index is 1090. The fraction of sp³-hybridized carbons (Fsp3) is 0.208. The summed E-state index contributed by atoms with van der Waals surface area (Å²) in [6.45, 7) is 0.319. The van der Waals surface area contributed by atoms with Gasteiger partial charge in [0.25, 0.3) is 11.8 Å². The van der Waals surface area contributed by atoms with Gasteiger partial charge >= 0.3 is 0 Å². The van der Waals surface area contributed by atoms with Gasteiger partial charge in [0.1, 0.15) is 0 Å². The predicted molar refractivity (Wildman–Crippen MR) is 117 cm³/mol. The summed E-state index contributed by atoms with van der Waals surface area (Å²) in [4.78, 5) is 38.8. The van der Waals surface area contributed by atoms with E-state index in [1.807, 2.05) is 18.2 Å². The number of carbonyl (C=O) groups excluding carboxylic acids is 3. The molecule has 0 bridgehead atoms. The molecular formula is C24H23N3O4. The van der Waals surface area contributed by atoms with Gasteiger partial charge < -0.3 is 20.0 Å². The summed E-state index contributed by atoms with van der Waals surface area (Å²) >= 11 is 0. The lowest BCUT2D eigenvalue weighted by molar-refractivity contribution is -0.119. The minimum atomic E-state index is -0.326. The monoisotopic (exact) mass is 417 g/mol. The van der Waals surface area contributed by atoms with Crippen molar-refractivity contribution in [2.24, 2.45) is 5.92 Å². The zero-order chi connectivity index (χ0) is 21.8. The summed E-state index contributed by atoms with van der Waals surface area (Å²) in [5, 5.41) is 5.65. The first-order chi connectivity index (χ1) is 15.0. The number of para-hydroxylation sites is 1.